The van der Waals surface area contributed by atoms with E-state index in [0.717, 1.165) is 55.3 Å². The van der Waals surface area contributed by atoms with Crippen LogP contribution in [0.25, 0.3) is 49.7 Å². The summed E-state index contributed by atoms with van der Waals surface area (Å²) in [5.41, 5.74) is 7.78. The molecular formula is C44H44N3O2Pt-. The quantitative estimate of drug-likeness (QED) is 0.179. The third-order valence-corrected chi connectivity index (χ3v) is 9.34. The van der Waals surface area contributed by atoms with Crippen LogP contribution in [0.4, 0.5) is 0 Å². The van der Waals surface area contributed by atoms with Crippen LogP contribution in [0.15, 0.2) is 97.2 Å². The van der Waals surface area contributed by atoms with E-state index in [2.05, 4.69) is 134 Å². The van der Waals surface area contributed by atoms with E-state index in [0.29, 0.717) is 17.1 Å². The third kappa shape index (κ3) is 6.33. The van der Waals surface area contributed by atoms with Crippen molar-refractivity contribution in [2.45, 2.75) is 78.6 Å². The molecule has 0 aliphatic rings. The predicted octanol–water partition coefficient (Wildman–Crippen LogP) is 11.6. The minimum Gasteiger partial charge on any atom is -0.506 e. The summed E-state index contributed by atoms with van der Waals surface area (Å²) in [6.07, 6.45) is 1.99. The smallest absolute Gasteiger partial charge is 0.217 e. The molecule has 1 N–H and O–H groups in total. The van der Waals surface area contributed by atoms with E-state index in [1.54, 1.807) is 6.07 Å². The number of para-hydroxylation sites is 1. The maximum absolute atomic E-state index is 10.8. The van der Waals surface area contributed by atoms with Crippen molar-refractivity contribution in [1.82, 2.24) is 14.5 Å². The fourth-order valence-electron chi connectivity index (χ4n) is 6.78. The summed E-state index contributed by atoms with van der Waals surface area (Å²) >= 11 is 0. The first kappa shape index (κ1) is 35.4. The van der Waals surface area contributed by atoms with Crippen LogP contribution in [0.2, 0.25) is 0 Å². The number of aromatic nitrogens is 3. The molecule has 4 aromatic carbocycles. The molecule has 0 bridgehead atoms. The minimum absolute atomic E-state index is 0. The van der Waals surface area contributed by atoms with Gasteiger partial charge >= 0.3 is 0 Å². The number of hydrogen-bond acceptors (Lipinski definition) is 4. The second-order valence-electron chi connectivity index (χ2n) is 16.1. The van der Waals surface area contributed by atoms with E-state index in [1.165, 1.54) is 5.56 Å². The molecule has 0 radical (unpaired) electrons. The molecule has 0 aliphatic carbocycles. The number of hydrogen-bond donors (Lipinski definition) is 1. The molecule has 0 unspecified atom stereocenters. The van der Waals surface area contributed by atoms with E-state index in [9.17, 15) is 5.11 Å². The number of aromatic hydroxyl groups is 1. The first-order chi connectivity index (χ1) is 23.1. The van der Waals surface area contributed by atoms with Gasteiger partial charge in [-0.3, -0.25) is 0 Å². The number of ether oxygens (including phenoxy) is 1. The fourth-order valence-corrected chi connectivity index (χ4v) is 6.78. The van der Waals surface area contributed by atoms with Crippen molar-refractivity contribution in [3.63, 3.8) is 0 Å². The topological polar surface area (TPSA) is 60.2 Å². The maximum atomic E-state index is 10.8. The largest absolute Gasteiger partial charge is 0.506 e. The molecule has 6 heteroatoms. The van der Waals surface area contributed by atoms with Crippen molar-refractivity contribution < 1.29 is 30.9 Å². The van der Waals surface area contributed by atoms with Crippen LogP contribution in [-0.2, 0) is 37.3 Å². The second-order valence-corrected chi connectivity index (χ2v) is 16.1. The molecule has 0 spiro atoms. The van der Waals surface area contributed by atoms with E-state index >= 15 is 0 Å². The summed E-state index contributed by atoms with van der Waals surface area (Å²) in [4.78, 5) is 9.88. The van der Waals surface area contributed by atoms with Crippen LogP contribution in [0.3, 0.4) is 0 Å². The summed E-state index contributed by atoms with van der Waals surface area (Å²) in [7, 11) is 0. The zero-order chi connectivity index (χ0) is 34.9. The first-order valence-corrected chi connectivity index (χ1v) is 17.0. The normalized spacial score (nSPS) is 12.4. The molecule has 0 saturated heterocycles. The molecule has 3 heterocycles. The van der Waals surface area contributed by atoms with Crippen molar-refractivity contribution >= 4 is 32.7 Å². The molecule has 0 atom stereocenters. The average molecular weight is 842 g/mol. The van der Waals surface area contributed by atoms with E-state index in [1.807, 2.05) is 30.5 Å². The van der Waals surface area contributed by atoms with Crippen molar-refractivity contribution in [2.24, 2.45) is 0 Å². The first-order valence-electron chi connectivity index (χ1n) is 17.0. The summed E-state index contributed by atoms with van der Waals surface area (Å²) < 4.78 is 8.80. The molecule has 0 amide bonds. The zero-order valence-corrected chi connectivity index (χ0v) is 32.5. The Hall–Kier alpha value is -4.47. The molecule has 7 aromatic rings. The van der Waals surface area contributed by atoms with Gasteiger partial charge in [-0.05, 0) is 56.5 Å². The van der Waals surface area contributed by atoms with Crippen LogP contribution >= 0.6 is 0 Å². The average Bonchev–Trinajstić information content (AvgIpc) is 3.38. The molecule has 50 heavy (non-hydrogen) atoms. The second kappa shape index (κ2) is 12.7. The summed E-state index contributed by atoms with van der Waals surface area (Å²) in [5.74, 6) is 1.88. The summed E-state index contributed by atoms with van der Waals surface area (Å²) in [6, 6.07) is 34.6. The zero-order valence-electron chi connectivity index (χ0n) is 30.3. The Kier molecular flexibility index (Phi) is 8.98. The Morgan fingerprint density at radius 2 is 1.42 bits per heavy atom. The van der Waals surface area contributed by atoms with Crippen LogP contribution in [0, 0.1) is 6.07 Å². The van der Waals surface area contributed by atoms with Crippen LogP contribution in [0.5, 0.6) is 17.4 Å². The number of fused-ring (bicyclic) bond motifs is 4. The number of pyridine rings is 2. The van der Waals surface area contributed by atoms with Gasteiger partial charge in [0.05, 0.1) is 0 Å². The van der Waals surface area contributed by atoms with Gasteiger partial charge < -0.3 is 14.4 Å². The summed E-state index contributed by atoms with van der Waals surface area (Å²) in [5, 5.41) is 14.0. The van der Waals surface area contributed by atoms with Gasteiger partial charge in [-0.25, -0.2) is 9.97 Å². The molecule has 7 rings (SSSR count). The van der Waals surface area contributed by atoms with Crippen LogP contribution in [0.1, 0.15) is 79.0 Å². The molecule has 258 valence electrons. The van der Waals surface area contributed by atoms with Crippen molar-refractivity contribution in [3.05, 3.63) is 120 Å². The molecule has 0 aliphatic heterocycles. The molecule has 3 aromatic heterocycles. The van der Waals surface area contributed by atoms with E-state index < -0.39 is 0 Å². The molecular weight excluding hydrogens is 798 g/mol. The monoisotopic (exact) mass is 841 g/mol. The minimum atomic E-state index is -0.229. The van der Waals surface area contributed by atoms with Gasteiger partial charge in [0.25, 0.3) is 0 Å². The standard InChI is InChI=1S/C44H44N3O2.Pt/c1-42(2,3)28-18-22-37(45-26-28)47-35-25-29(49-38-23-19-31-33(43(4,5)6)20-21-36(48)40(31)46-38)24-34(44(7,8)9)39(35)32-17-13-16-30(41(32)47)27-14-11-10-12-15-27;/h10-24,26,48H,1-9H3;/q-1;. The van der Waals surface area contributed by atoms with Gasteiger partial charge in [-0.1, -0.05) is 134 Å². The van der Waals surface area contributed by atoms with Gasteiger partial charge in [-0.15, -0.1) is 17.7 Å². The van der Waals surface area contributed by atoms with Crippen molar-refractivity contribution in [3.8, 4) is 34.3 Å². The number of nitrogens with zero attached hydrogens (tertiary/aromatic N) is 3. The fraction of sp³-hybridized carbons (Fsp3) is 0.273. The molecule has 0 saturated carbocycles. The van der Waals surface area contributed by atoms with Gasteiger partial charge in [0.15, 0.2) is 0 Å². The Bertz CT molecular complexity index is 2360. The number of phenolic OH excluding ortho intramolecular Hbond substituents is 1. The third-order valence-electron chi connectivity index (χ3n) is 9.34. The number of rotatable bonds is 4. The van der Waals surface area contributed by atoms with Gasteiger partial charge in [-0.2, -0.15) is 0 Å². The van der Waals surface area contributed by atoms with Crippen LogP contribution < -0.4 is 4.74 Å². The summed E-state index contributed by atoms with van der Waals surface area (Å²) in [6.45, 7) is 19.8. The maximum Gasteiger partial charge on any atom is 0.217 e. The Labute approximate surface area is 309 Å². The van der Waals surface area contributed by atoms with Gasteiger partial charge in [0.2, 0.25) is 5.88 Å². The van der Waals surface area contributed by atoms with Crippen LogP contribution in [-0.4, -0.2) is 19.6 Å². The Morgan fingerprint density at radius 3 is 2.06 bits per heavy atom. The molecule has 0 fully saturated rings. The number of phenols is 1. The predicted molar refractivity (Wildman–Crippen MR) is 202 cm³/mol. The van der Waals surface area contributed by atoms with E-state index in [4.69, 9.17) is 14.7 Å². The van der Waals surface area contributed by atoms with Crippen molar-refractivity contribution in [2.75, 3.05) is 0 Å². The van der Waals surface area contributed by atoms with Gasteiger partial charge in [0, 0.05) is 55.5 Å². The molecule has 5 nitrogen and oxygen atoms in total. The van der Waals surface area contributed by atoms with Gasteiger partial charge in [0.1, 0.15) is 17.1 Å². The van der Waals surface area contributed by atoms with E-state index in [-0.39, 0.29) is 43.1 Å². The number of benzene rings is 4. The SMILES string of the molecule is CC(C)(C)c1ccc(-n2c3[c-]c(Oc4ccc5c(C(C)(C)C)ccc(O)c5n4)cc(C(C)(C)C)c3c3cccc(-c4ccccc4)c32)nc1.[Pt]. The Morgan fingerprint density at radius 1 is 0.700 bits per heavy atom. The van der Waals surface area contributed by atoms with Crippen molar-refractivity contribution in [1.29, 1.82) is 0 Å². The Balaban J connectivity index is 0.00000432.